The van der Waals surface area contributed by atoms with Crippen molar-refractivity contribution in [3.05, 3.63) is 53.2 Å². The van der Waals surface area contributed by atoms with Crippen LogP contribution < -0.4 is 10.2 Å². The molecule has 1 fully saturated rings. The highest BCUT2D eigenvalue weighted by Gasteiger charge is 2.19. The van der Waals surface area contributed by atoms with Crippen LogP contribution in [0.5, 0.6) is 0 Å². The van der Waals surface area contributed by atoms with Crippen LogP contribution in [0.2, 0.25) is 0 Å². The molecule has 0 bridgehead atoms. The predicted molar refractivity (Wildman–Crippen MR) is 98.7 cm³/mol. The Morgan fingerprint density at radius 3 is 2.50 bits per heavy atom. The van der Waals surface area contributed by atoms with Crippen molar-refractivity contribution in [3.63, 3.8) is 0 Å². The molecule has 0 spiro atoms. The first-order valence-corrected chi connectivity index (χ1v) is 8.91. The van der Waals surface area contributed by atoms with Gasteiger partial charge in [0.1, 0.15) is 23.2 Å². The average Bonchev–Trinajstić information content (AvgIpc) is 2.67. The number of carbonyl (C=O) groups excluding carboxylic acids is 1. The van der Waals surface area contributed by atoms with E-state index < -0.39 is 0 Å². The molecule has 2 heterocycles. The lowest BCUT2D eigenvalue weighted by Crippen LogP contribution is -2.46. The van der Waals surface area contributed by atoms with Gasteiger partial charge in [-0.2, -0.15) is 0 Å². The number of nitrogens with one attached hydrogen (secondary N) is 1. The minimum Gasteiger partial charge on any atom is -0.354 e. The zero-order chi connectivity index (χ0) is 18.5. The van der Waals surface area contributed by atoms with E-state index in [0.717, 1.165) is 44.1 Å². The number of aryl methyl sites for hydroxylation is 1. The van der Waals surface area contributed by atoms with Crippen LogP contribution in [-0.4, -0.2) is 53.5 Å². The summed E-state index contributed by atoms with van der Waals surface area (Å²) in [5.41, 5.74) is 1.19. The number of anilines is 1. The van der Waals surface area contributed by atoms with Crippen LogP contribution in [0.25, 0.3) is 0 Å². The lowest BCUT2D eigenvalue weighted by Gasteiger charge is -2.34. The summed E-state index contributed by atoms with van der Waals surface area (Å²) in [5.74, 6) is 0.820. The smallest absolute Gasteiger partial charge is 0.270 e. The summed E-state index contributed by atoms with van der Waals surface area (Å²) in [6.45, 7) is 9.09. The maximum absolute atomic E-state index is 13.0. The van der Waals surface area contributed by atoms with E-state index in [9.17, 15) is 9.18 Å². The summed E-state index contributed by atoms with van der Waals surface area (Å²) < 4.78 is 13.0. The Bertz CT molecular complexity index is 757. The number of benzene rings is 1. The van der Waals surface area contributed by atoms with Crippen molar-refractivity contribution in [1.29, 1.82) is 0 Å². The number of amides is 1. The Hall–Kier alpha value is -2.54. The van der Waals surface area contributed by atoms with E-state index in [-0.39, 0.29) is 11.7 Å². The molecule has 6 nitrogen and oxygen atoms in total. The molecule has 0 atom stereocenters. The fraction of sp³-hybridized carbons (Fsp3) is 0.421. The van der Waals surface area contributed by atoms with Crippen molar-refractivity contribution in [2.45, 2.75) is 20.4 Å². The molecule has 3 rings (SSSR count). The first kappa shape index (κ1) is 18.3. The van der Waals surface area contributed by atoms with E-state index in [4.69, 9.17) is 0 Å². The number of likely N-dealkylation sites (N-methyl/N-ethyl adjacent to an activating group) is 1. The molecule has 1 saturated heterocycles. The monoisotopic (exact) mass is 357 g/mol. The van der Waals surface area contributed by atoms with Gasteiger partial charge in [-0.15, -0.1) is 0 Å². The van der Waals surface area contributed by atoms with Gasteiger partial charge in [0.25, 0.3) is 5.91 Å². The summed E-state index contributed by atoms with van der Waals surface area (Å²) in [6, 6.07) is 7.81. The first-order chi connectivity index (χ1) is 12.5. The molecule has 2 aromatic rings. The fourth-order valence-electron chi connectivity index (χ4n) is 3.00. The van der Waals surface area contributed by atoms with E-state index in [1.165, 1.54) is 12.1 Å². The molecule has 0 aliphatic carbocycles. The largest absolute Gasteiger partial charge is 0.354 e. The van der Waals surface area contributed by atoms with Crippen LogP contribution in [0.1, 0.15) is 28.8 Å². The average molecular weight is 357 g/mol. The number of aromatic nitrogens is 2. The fourth-order valence-corrected chi connectivity index (χ4v) is 3.00. The van der Waals surface area contributed by atoms with Crippen molar-refractivity contribution < 1.29 is 9.18 Å². The normalized spacial score (nSPS) is 15.1. The van der Waals surface area contributed by atoms with Gasteiger partial charge in [-0.3, -0.25) is 4.79 Å². The third kappa shape index (κ3) is 4.54. The maximum Gasteiger partial charge on any atom is 0.270 e. The molecular formula is C19H24FN5O. The summed E-state index contributed by atoms with van der Waals surface area (Å²) in [6.07, 6.45) is 0. The van der Waals surface area contributed by atoms with Crippen molar-refractivity contribution in [1.82, 2.24) is 20.2 Å². The van der Waals surface area contributed by atoms with Crippen LogP contribution in [0.15, 0.2) is 30.3 Å². The number of rotatable bonds is 5. The van der Waals surface area contributed by atoms with Crippen molar-refractivity contribution >= 4 is 11.7 Å². The van der Waals surface area contributed by atoms with Crippen molar-refractivity contribution in [3.8, 4) is 0 Å². The number of halogens is 1. The van der Waals surface area contributed by atoms with Gasteiger partial charge in [0, 0.05) is 38.8 Å². The number of hydrogen-bond acceptors (Lipinski definition) is 5. The Kier molecular flexibility index (Phi) is 5.78. The van der Waals surface area contributed by atoms with Gasteiger partial charge in [0.2, 0.25) is 0 Å². The Labute approximate surface area is 153 Å². The van der Waals surface area contributed by atoms with Gasteiger partial charge in [0.05, 0.1) is 0 Å². The van der Waals surface area contributed by atoms with Gasteiger partial charge in [-0.25, -0.2) is 14.4 Å². The molecule has 0 radical (unpaired) electrons. The number of piperazine rings is 1. The SMILES string of the molecule is CCN1CCN(c2cc(C(=O)NCc3ccc(F)cc3)nc(C)n2)CC1. The standard InChI is InChI=1S/C19H24FN5O/c1-3-24-8-10-25(11-9-24)18-12-17(22-14(2)23-18)19(26)21-13-15-4-6-16(20)7-5-15/h4-7,12H,3,8-11,13H2,1-2H3,(H,21,26). The lowest BCUT2D eigenvalue weighted by molar-refractivity contribution is 0.0945. The molecule has 138 valence electrons. The van der Waals surface area contributed by atoms with Crippen LogP contribution in [0, 0.1) is 12.7 Å². The highest BCUT2D eigenvalue weighted by Crippen LogP contribution is 2.15. The molecule has 1 amide bonds. The van der Waals surface area contributed by atoms with Crippen LogP contribution in [-0.2, 0) is 6.54 Å². The highest BCUT2D eigenvalue weighted by atomic mass is 19.1. The van der Waals surface area contributed by atoms with Crippen LogP contribution in [0.3, 0.4) is 0 Å². The molecule has 1 aromatic heterocycles. The van der Waals surface area contributed by atoms with E-state index >= 15 is 0 Å². The van der Waals surface area contributed by atoms with Gasteiger partial charge < -0.3 is 15.1 Å². The second-order valence-corrected chi connectivity index (χ2v) is 6.39. The minimum absolute atomic E-state index is 0.256. The third-order valence-electron chi connectivity index (χ3n) is 4.57. The number of carbonyl (C=O) groups is 1. The lowest BCUT2D eigenvalue weighted by atomic mass is 10.2. The molecule has 1 aliphatic heterocycles. The van der Waals surface area contributed by atoms with Gasteiger partial charge >= 0.3 is 0 Å². The van der Waals surface area contributed by atoms with Crippen molar-refractivity contribution in [2.75, 3.05) is 37.6 Å². The third-order valence-corrected chi connectivity index (χ3v) is 4.57. The van der Waals surface area contributed by atoms with Crippen molar-refractivity contribution in [2.24, 2.45) is 0 Å². The summed E-state index contributed by atoms with van der Waals surface area (Å²) in [5, 5.41) is 2.83. The first-order valence-electron chi connectivity index (χ1n) is 8.91. The molecule has 1 N–H and O–H groups in total. The van der Waals surface area contributed by atoms with Gasteiger partial charge in [-0.1, -0.05) is 19.1 Å². The van der Waals surface area contributed by atoms with Crippen LogP contribution >= 0.6 is 0 Å². The quantitative estimate of drug-likeness (QED) is 0.887. The number of nitrogens with zero attached hydrogens (tertiary/aromatic N) is 4. The molecular weight excluding hydrogens is 333 g/mol. The zero-order valence-electron chi connectivity index (χ0n) is 15.2. The molecule has 0 saturated carbocycles. The highest BCUT2D eigenvalue weighted by molar-refractivity contribution is 5.92. The zero-order valence-corrected chi connectivity index (χ0v) is 15.2. The van der Waals surface area contributed by atoms with Gasteiger partial charge in [0.15, 0.2) is 0 Å². The minimum atomic E-state index is -0.292. The number of hydrogen-bond donors (Lipinski definition) is 1. The molecule has 1 aliphatic rings. The van der Waals surface area contributed by atoms with Gasteiger partial charge in [-0.05, 0) is 31.2 Å². The second kappa shape index (κ2) is 8.23. The van der Waals surface area contributed by atoms with E-state index in [2.05, 4.69) is 32.0 Å². The molecule has 7 heteroatoms. The Morgan fingerprint density at radius 2 is 1.85 bits per heavy atom. The summed E-state index contributed by atoms with van der Waals surface area (Å²) >= 11 is 0. The van der Waals surface area contributed by atoms with Crippen LogP contribution in [0.4, 0.5) is 10.2 Å². The Morgan fingerprint density at radius 1 is 1.15 bits per heavy atom. The summed E-state index contributed by atoms with van der Waals surface area (Å²) in [7, 11) is 0. The van der Waals surface area contributed by atoms with E-state index in [1.807, 2.05) is 0 Å². The molecule has 0 unspecified atom stereocenters. The predicted octanol–water partition coefficient (Wildman–Crippen LogP) is 2.00. The Balaban J connectivity index is 1.66. The molecule has 26 heavy (non-hydrogen) atoms. The van der Waals surface area contributed by atoms with E-state index in [1.54, 1.807) is 25.1 Å². The summed E-state index contributed by atoms with van der Waals surface area (Å²) in [4.78, 5) is 25.8. The molecule has 1 aromatic carbocycles. The topological polar surface area (TPSA) is 61.4 Å². The van der Waals surface area contributed by atoms with E-state index in [0.29, 0.717) is 18.1 Å². The second-order valence-electron chi connectivity index (χ2n) is 6.39. The maximum atomic E-state index is 13.0.